The molecule has 0 spiro atoms. The van der Waals surface area contributed by atoms with Crippen LogP contribution >= 0.6 is 0 Å². The third-order valence-electron chi connectivity index (χ3n) is 3.96. The van der Waals surface area contributed by atoms with Crippen molar-refractivity contribution in [2.24, 2.45) is 5.92 Å². The fraction of sp³-hybridized carbons (Fsp3) is 0.562. The minimum Gasteiger partial charge on any atom is -0.495 e. The van der Waals surface area contributed by atoms with E-state index in [9.17, 15) is 4.79 Å². The van der Waals surface area contributed by atoms with Gasteiger partial charge >= 0.3 is 0 Å². The number of carbonyl (C=O) groups excluding carboxylic acids is 1. The zero-order chi connectivity index (χ0) is 15.2. The van der Waals surface area contributed by atoms with Gasteiger partial charge < -0.3 is 15.8 Å². The summed E-state index contributed by atoms with van der Waals surface area (Å²) in [7, 11) is 3.57. The highest BCUT2D eigenvalue weighted by Gasteiger charge is 2.18. The highest BCUT2D eigenvalue weighted by molar-refractivity contribution is 5.94. The second-order valence-electron chi connectivity index (χ2n) is 5.86. The largest absolute Gasteiger partial charge is 0.495 e. The highest BCUT2D eigenvalue weighted by atomic mass is 16.5. The lowest BCUT2D eigenvalue weighted by Gasteiger charge is -2.20. The molecule has 0 aromatic heterocycles. The van der Waals surface area contributed by atoms with Crippen molar-refractivity contribution in [2.45, 2.75) is 25.7 Å². The van der Waals surface area contributed by atoms with E-state index in [0.29, 0.717) is 23.7 Å². The number of benzene rings is 1. The van der Waals surface area contributed by atoms with Gasteiger partial charge in [-0.1, -0.05) is 12.8 Å². The number of nitrogen functional groups attached to an aromatic ring is 1. The molecule has 1 aliphatic carbocycles. The van der Waals surface area contributed by atoms with Crippen LogP contribution in [0.2, 0.25) is 0 Å². The van der Waals surface area contributed by atoms with Gasteiger partial charge in [-0.2, -0.15) is 0 Å². The Balaban J connectivity index is 1.87. The average molecular weight is 291 g/mol. The van der Waals surface area contributed by atoms with Crippen molar-refractivity contribution in [3.8, 4) is 5.75 Å². The molecule has 5 heteroatoms. The topological polar surface area (TPSA) is 67.6 Å². The van der Waals surface area contributed by atoms with E-state index >= 15 is 0 Å². The first-order valence-electron chi connectivity index (χ1n) is 7.50. The lowest BCUT2D eigenvalue weighted by Crippen LogP contribution is -2.33. The van der Waals surface area contributed by atoms with Crippen molar-refractivity contribution >= 4 is 17.3 Å². The Morgan fingerprint density at radius 2 is 2.14 bits per heavy atom. The molecule has 0 saturated heterocycles. The second-order valence-corrected chi connectivity index (χ2v) is 5.86. The molecular formula is C16H25N3O2. The Bertz CT molecular complexity index is 484. The van der Waals surface area contributed by atoms with E-state index < -0.39 is 0 Å². The molecule has 3 N–H and O–H groups in total. The van der Waals surface area contributed by atoms with Crippen molar-refractivity contribution in [1.29, 1.82) is 0 Å². The summed E-state index contributed by atoms with van der Waals surface area (Å²) in [6.07, 6.45) is 5.22. The summed E-state index contributed by atoms with van der Waals surface area (Å²) in [5.74, 6) is 1.32. The van der Waals surface area contributed by atoms with Crippen molar-refractivity contribution in [2.75, 3.05) is 38.3 Å². The first-order chi connectivity index (χ1) is 10.1. The molecule has 21 heavy (non-hydrogen) atoms. The van der Waals surface area contributed by atoms with Gasteiger partial charge in [0.25, 0.3) is 0 Å². The van der Waals surface area contributed by atoms with Crippen LogP contribution in [-0.2, 0) is 4.79 Å². The minimum atomic E-state index is -0.0422. The van der Waals surface area contributed by atoms with Gasteiger partial charge in [-0.15, -0.1) is 0 Å². The molecule has 1 aromatic carbocycles. The van der Waals surface area contributed by atoms with E-state index in [1.54, 1.807) is 25.3 Å². The molecule has 0 bridgehead atoms. The Labute approximate surface area is 126 Å². The molecule has 0 aliphatic heterocycles. The summed E-state index contributed by atoms with van der Waals surface area (Å²) >= 11 is 0. The smallest absolute Gasteiger partial charge is 0.238 e. The number of nitrogens with zero attached hydrogens (tertiary/aromatic N) is 1. The van der Waals surface area contributed by atoms with Crippen LogP contribution in [-0.4, -0.2) is 38.1 Å². The number of hydrogen-bond donors (Lipinski definition) is 2. The van der Waals surface area contributed by atoms with E-state index in [1.165, 1.54) is 25.7 Å². The number of carbonyl (C=O) groups is 1. The molecular weight excluding hydrogens is 266 g/mol. The van der Waals surface area contributed by atoms with Gasteiger partial charge in [0.15, 0.2) is 0 Å². The molecule has 0 radical (unpaired) electrons. The number of likely N-dealkylation sites (N-methyl/N-ethyl adjacent to an activating group) is 1. The van der Waals surface area contributed by atoms with Crippen molar-refractivity contribution in [3.05, 3.63) is 18.2 Å². The van der Waals surface area contributed by atoms with Crippen LogP contribution in [0.4, 0.5) is 11.4 Å². The Morgan fingerprint density at radius 3 is 2.81 bits per heavy atom. The van der Waals surface area contributed by atoms with Crippen molar-refractivity contribution < 1.29 is 9.53 Å². The Hall–Kier alpha value is -1.75. The van der Waals surface area contributed by atoms with Crippen LogP contribution in [0.15, 0.2) is 18.2 Å². The van der Waals surface area contributed by atoms with E-state index in [4.69, 9.17) is 10.5 Å². The van der Waals surface area contributed by atoms with Gasteiger partial charge in [-0.3, -0.25) is 9.69 Å². The van der Waals surface area contributed by atoms with Gasteiger partial charge in [0.1, 0.15) is 5.75 Å². The van der Waals surface area contributed by atoms with E-state index in [0.717, 1.165) is 12.5 Å². The minimum absolute atomic E-state index is 0.0422. The molecule has 0 atom stereocenters. The number of methoxy groups -OCH3 is 1. The third-order valence-corrected chi connectivity index (χ3v) is 3.96. The van der Waals surface area contributed by atoms with Crippen LogP contribution in [0.5, 0.6) is 5.75 Å². The maximum absolute atomic E-state index is 12.1. The maximum atomic E-state index is 12.1. The molecule has 0 unspecified atom stereocenters. The lowest BCUT2D eigenvalue weighted by molar-refractivity contribution is -0.117. The molecule has 5 nitrogen and oxygen atoms in total. The van der Waals surface area contributed by atoms with E-state index in [2.05, 4.69) is 10.2 Å². The zero-order valence-electron chi connectivity index (χ0n) is 12.9. The first kappa shape index (κ1) is 15.6. The van der Waals surface area contributed by atoms with Gasteiger partial charge in [-0.05, 0) is 44.0 Å². The molecule has 1 fully saturated rings. The van der Waals surface area contributed by atoms with Gasteiger partial charge in [-0.25, -0.2) is 0 Å². The van der Waals surface area contributed by atoms with Crippen LogP contribution in [0.3, 0.4) is 0 Å². The molecule has 1 aliphatic rings. The standard InChI is InChI=1S/C16H25N3O2/c1-19(10-12-5-3-4-6-12)11-16(20)18-14-9-13(17)7-8-15(14)21-2/h7-9,12H,3-6,10-11,17H2,1-2H3,(H,18,20). The van der Waals surface area contributed by atoms with Gasteiger partial charge in [0, 0.05) is 12.2 Å². The molecule has 2 rings (SSSR count). The zero-order valence-corrected chi connectivity index (χ0v) is 12.9. The molecule has 1 saturated carbocycles. The summed E-state index contributed by atoms with van der Waals surface area (Å²) in [5, 5.41) is 2.87. The molecule has 1 amide bonds. The monoisotopic (exact) mass is 291 g/mol. The summed E-state index contributed by atoms with van der Waals surface area (Å²) in [6, 6.07) is 5.22. The third kappa shape index (κ3) is 4.63. The number of nitrogens with one attached hydrogen (secondary N) is 1. The van der Waals surface area contributed by atoms with Crippen LogP contribution in [0.25, 0.3) is 0 Å². The number of amides is 1. The quantitative estimate of drug-likeness (QED) is 0.789. The maximum Gasteiger partial charge on any atom is 0.238 e. The van der Waals surface area contributed by atoms with Crippen LogP contribution < -0.4 is 15.8 Å². The fourth-order valence-corrected chi connectivity index (χ4v) is 2.96. The summed E-state index contributed by atoms with van der Waals surface area (Å²) in [5.41, 5.74) is 6.98. The van der Waals surface area contributed by atoms with E-state index in [-0.39, 0.29) is 5.91 Å². The predicted octanol–water partition coefficient (Wildman–Crippen LogP) is 2.34. The number of hydrogen-bond acceptors (Lipinski definition) is 4. The normalized spacial score (nSPS) is 15.4. The Kier molecular flexibility index (Phi) is 5.44. The summed E-state index contributed by atoms with van der Waals surface area (Å²) in [4.78, 5) is 14.2. The SMILES string of the molecule is COc1ccc(N)cc1NC(=O)CN(C)CC1CCCC1. The average Bonchev–Trinajstić information content (AvgIpc) is 2.91. The van der Waals surface area contributed by atoms with Gasteiger partial charge in [0.05, 0.1) is 19.3 Å². The lowest BCUT2D eigenvalue weighted by atomic mass is 10.1. The highest BCUT2D eigenvalue weighted by Crippen LogP contribution is 2.27. The van der Waals surface area contributed by atoms with Gasteiger partial charge in [0.2, 0.25) is 5.91 Å². The number of nitrogens with two attached hydrogens (primary N) is 1. The van der Waals surface area contributed by atoms with Crippen LogP contribution in [0, 0.1) is 5.92 Å². The predicted molar refractivity (Wildman–Crippen MR) is 85.5 cm³/mol. The number of rotatable bonds is 6. The molecule has 0 heterocycles. The summed E-state index contributed by atoms with van der Waals surface area (Å²) in [6.45, 7) is 1.37. The number of anilines is 2. The second kappa shape index (κ2) is 7.31. The van der Waals surface area contributed by atoms with Crippen LogP contribution in [0.1, 0.15) is 25.7 Å². The molecule has 116 valence electrons. The fourth-order valence-electron chi connectivity index (χ4n) is 2.96. The first-order valence-corrected chi connectivity index (χ1v) is 7.50. The summed E-state index contributed by atoms with van der Waals surface area (Å²) < 4.78 is 5.23. The van der Waals surface area contributed by atoms with E-state index in [1.807, 2.05) is 7.05 Å². The van der Waals surface area contributed by atoms with Crippen molar-refractivity contribution in [1.82, 2.24) is 4.90 Å². The Morgan fingerprint density at radius 1 is 1.43 bits per heavy atom. The number of ether oxygens (including phenoxy) is 1. The van der Waals surface area contributed by atoms with Crippen molar-refractivity contribution in [3.63, 3.8) is 0 Å². The molecule has 1 aromatic rings.